The van der Waals surface area contributed by atoms with Gasteiger partial charge < -0.3 is 5.11 Å². The third-order valence-electron chi connectivity index (χ3n) is 4.07. The Balaban J connectivity index is 0.000000220. The minimum Gasteiger partial charge on any atom is -0.392 e. The van der Waals surface area contributed by atoms with Gasteiger partial charge in [0.1, 0.15) is 0 Å². The van der Waals surface area contributed by atoms with Crippen molar-refractivity contribution in [3.63, 3.8) is 0 Å². The molecule has 1 N–H and O–H groups in total. The van der Waals surface area contributed by atoms with E-state index in [1.54, 1.807) is 0 Å². The van der Waals surface area contributed by atoms with Crippen molar-refractivity contribution in [3.05, 3.63) is 69.8 Å². The molecule has 0 saturated carbocycles. The number of aliphatic hydroxyl groups excluding tert-OH is 1. The molecule has 0 aliphatic rings. The summed E-state index contributed by atoms with van der Waals surface area (Å²) in [6.07, 6.45) is 2.07. The highest BCUT2D eigenvalue weighted by Crippen LogP contribution is 2.16. The van der Waals surface area contributed by atoms with Gasteiger partial charge >= 0.3 is 0 Å². The molecule has 2 heteroatoms. The lowest BCUT2D eigenvalue weighted by atomic mass is 10.0. The fourth-order valence-electron chi connectivity index (χ4n) is 2.61. The molecule has 0 unspecified atom stereocenters. The molecular formula is C20H27ClO. The normalized spacial score (nSPS) is 10.1. The molecule has 0 spiro atoms. The maximum absolute atomic E-state index is 9.03. The Morgan fingerprint density at radius 1 is 0.818 bits per heavy atom. The average molecular weight is 319 g/mol. The molecule has 0 amide bonds. The third-order valence-corrected chi connectivity index (χ3v) is 4.34. The van der Waals surface area contributed by atoms with E-state index in [4.69, 9.17) is 16.7 Å². The van der Waals surface area contributed by atoms with Crippen LogP contribution in [0.25, 0.3) is 0 Å². The smallest absolute Gasteiger partial charge is 0.0687 e. The second-order valence-corrected chi connectivity index (χ2v) is 5.69. The molecule has 0 fully saturated rings. The van der Waals surface area contributed by atoms with E-state index in [1.807, 2.05) is 19.1 Å². The summed E-state index contributed by atoms with van der Waals surface area (Å²) in [6, 6.07) is 12.5. The van der Waals surface area contributed by atoms with E-state index in [2.05, 4.69) is 45.0 Å². The number of hydrogen-bond donors (Lipinski definition) is 1. The molecule has 120 valence electrons. The molecule has 0 aliphatic carbocycles. The second-order valence-electron chi connectivity index (χ2n) is 5.42. The summed E-state index contributed by atoms with van der Waals surface area (Å²) in [5.41, 5.74) is 7.52. The summed E-state index contributed by atoms with van der Waals surface area (Å²) in [4.78, 5) is 0. The molecule has 22 heavy (non-hydrogen) atoms. The molecule has 0 saturated heterocycles. The first kappa shape index (κ1) is 18.7. The highest BCUT2D eigenvalue weighted by molar-refractivity contribution is 6.17. The molecule has 0 bridgehead atoms. The molecule has 2 aromatic rings. The van der Waals surface area contributed by atoms with Crippen LogP contribution in [0, 0.1) is 13.8 Å². The van der Waals surface area contributed by atoms with E-state index in [0.29, 0.717) is 5.88 Å². The van der Waals surface area contributed by atoms with Crippen LogP contribution in [0.3, 0.4) is 0 Å². The maximum Gasteiger partial charge on any atom is 0.0687 e. The summed E-state index contributed by atoms with van der Waals surface area (Å²) in [5, 5.41) is 9.03. The zero-order chi connectivity index (χ0) is 16.5. The van der Waals surface area contributed by atoms with Gasteiger partial charge in [0, 0.05) is 5.88 Å². The third kappa shape index (κ3) is 4.86. The van der Waals surface area contributed by atoms with E-state index < -0.39 is 0 Å². The molecule has 0 aliphatic heterocycles. The summed E-state index contributed by atoms with van der Waals surface area (Å²) in [6.45, 7) is 8.57. The van der Waals surface area contributed by atoms with Crippen LogP contribution in [0.4, 0.5) is 0 Å². The van der Waals surface area contributed by atoms with Crippen LogP contribution in [0.5, 0.6) is 0 Å². The number of benzene rings is 2. The molecular weight excluding hydrogens is 292 g/mol. The lowest BCUT2D eigenvalue weighted by molar-refractivity contribution is 0.280. The van der Waals surface area contributed by atoms with Crippen LogP contribution >= 0.6 is 11.6 Å². The number of alkyl halides is 1. The van der Waals surface area contributed by atoms with E-state index in [-0.39, 0.29) is 6.61 Å². The van der Waals surface area contributed by atoms with E-state index in [9.17, 15) is 0 Å². The summed E-state index contributed by atoms with van der Waals surface area (Å²) in [7, 11) is 0. The molecule has 0 aromatic heterocycles. The lowest BCUT2D eigenvalue weighted by Crippen LogP contribution is -1.94. The Kier molecular flexibility index (Phi) is 8.22. The summed E-state index contributed by atoms with van der Waals surface area (Å²) in [5.74, 6) is 0.635. The minimum atomic E-state index is 0.163. The van der Waals surface area contributed by atoms with Crippen LogP contribution in [-0.2, 0) is 25.3 Å². The van der Waals surface area contributed by atoms with Crippen LogP contribution in [0.15, 0.2) is 36.4 Å². The van der Waals surface area contributed by atoms with Crippen LogP contribution in [-0.4, -0.2) is 5.11 Å². The Bertz CT molecular complexity index is 537. The van der Waals surface area contributed by atoms with Gasteiger partial charge in [-0.2, -0.15) is 0 Å². The van der Waals surface area contributed by atoms with Crippen molar-refractivity contribution in [1.29, 1.82) is 0 Å². The highest BCUT2D eigenvalue weighted by atomic mass is 35.5. The van der Waals surface area contributed by atoms with Crippen LogP contribution in [0.1, 0.15) is 47.2 Å². The first-order chi connectivity index (χ1) is 10.6. The van der Waals surface area contributed by atoms with E-state index >= 15 is 0 Å². The molecule has 0 radical (unpaired) electrons. The number of aliphatic hydroxyl groups is 1. The predicted octanol–water partition coefficient (Wildman–Crippen LogP) is 5.35. The lowest BCUT2D eigenvalue weighted by Gasteiger charge is -2.07. The van der Waals surface area contributed by atoms with Gasteiger partial charge in [-0.15, -0.1) is 11.6 Å². The largest absolute Gasteiger partial charge is 0.392 e. The first-order valence-electron chi connectivity index (χ1n) is 7.90. The van der Waals surface area contributed by atoms with Gasteiger partial charge in [-0.3, -0.25) is 0 Å². The van der Waals surface area contributed by atoms with Gasteiger partial charge in [0.05, 0.1) is 6.61 Å². The van der Waals surface area contributed by atoms with Gasteiger partial charge in [-0.05, 0) is 60.1 Å². The monoisotopic (exact) mass is 318 g/mol. The van der Waals surface area contributed by atoms with E-state index in [0.717, 1.165) is 18.4 Å². The standard InChI is InChI=1S/C10H13Cl.C10H14O/c2*1-3-9-6-4-5-8(2)10(9)7-11/h4-6H,3,7H2,1-2H3;4-6,11H,3,7H2,1-2H3. The second kappa shape index (κ2) is 9.66. The average Bonchev–Trinajstić information content (AvgIpc) is 2.54. The van der Waals surface area contributed by atoms with Crippen molar-refractivity contribution >= 4 is 11.6 Å². The van der Waals surface area contributed by atoms with Gasteiger partial charge in [0.25, 0.3) is 0 Å². The molecule has 2 aromatic carbocycles. The first-order valence-corrected chi connectivity index (χ1v) is 8.43. The zero-order valence-electron chi connectivity index (χ0n) is 14.1. The van der Waals surface area contributed by atoms with Crippen LogP contribution in [0.2, 0.25) is 0 Å². The number of aryl methyl sites for hydroxylation is 4. The van der Waals surface area contributed by atoms with Crippen molar-refractivity contribution in [2.45, 2.75) is 53.0 Å². The Hall–Kier alpha value is -1.31. The van der Waals surface area contributed by atoms with Crippen molar-refractivity contribution < 1.29 is 5.11 Å². The van der Waals surface area contributed by atoms with Gasteiger partial charge in [0.15, 0.2) is 0 Å². The van der Waals surface area contributed by atoms with Gasteiger partial charge in [-0.1, -0.05) is 50.2 Å². The Morgan fingerprint density at radius 3 is 1.59 bits per heavy atom. The SMILES string of the molecule is CCc1cccc(C)c1CCl.CCc1cccc(C)c1CO. The molecule has 0 heterocycles. The molecule has 0 atom stereocenters. The summed E-state index contributed by atoms with van der Waals surface area (Å²) < 4.78 is 0. The van der Waals surface area contributed by atoms with Crippen molar-refractivity contribution in [2.75, 3.05) is 0 Å². The van der Waals surface area contributed by atoms with Crippen molar-refractivity contribution in [2.24, 2.45) is 0 Å². The van der Waals surface area contributed by atoms with Gasteiger partial charge in [0.2, 0.25) is 0 Å². The minimum absolute atomic E-state index is 0.163. The van der Waals surface area contributed by atoms with Crippen molar-refractivity contribution in [1.82, 2.24) is 0 Å². The summed E-state index contributed by atoms with van der Waals surface area (Å²) >= 11 is 5.82. The number of hydrogen-bond acceptors (Lipinski definition) is 1. The number of halogens is 1. The van der Waals surface area contributed by atoms with Gasteiger partial charge in [-0.25, -0.2) is 0 Å². The van der Waals surface area contributed by atoms with E-state index in [1.165, 1.54) is 27.8 Å². The molecule has 1 nitrogen and oxygen atoms in total. The predicted molar refractivity (Wildman–Crippen MR) is 96.6 cm³/mol. The van der Waals surface area contributed by atoms with Crippen LogP contribution < -0.4 is 0 Å². The quantitative estimate of drug-likeness (QED) is 0.754. The maximum atomic E-state index is 9.03. The Morgan fingerprint density at radius 2 is 1.27 bits per heavy atom. The number of rotatable bonds is 4. The zero-order valence-corrected chi connectivity index (χ0v) is 14.9. The fraction of sp³-hybridized carbons (Fsp3) is 0.400. The Labute approximate surface area is 140 Å². The topological polar surface area (TPSA) is 20.2 Å². The highest BCUT2D eigenvalue weighted by Gasteiger charge is 2.01. The van der Waals surface area contributed by atoms with Crippen molar-refractivity contribution in [3.8, 4) is 0 Å². The fourth-order valence-corrected chi connectivity index (χ4v) is 2.99. The molecule has 2 rings (SSSR count).